The van der Waals surface area contributed by atoms with Crippen molar-refractivity contribution >= 4 is 0 Å². The lowest BCUT2D eigenvalue weighted by atomic mass is 10.1. The Morgan fingerprint density at radius 1 is 1.28 bits per heavy atom. The Balaban J connectivity index is 2.25. The summed E-state index contributed by atoms with van der Waals surface area (Å²) in [6.07, 6.45) is 1.23. The molecule has 1 N–H and O–H groups in total. The highest BCUT2D eigenvalue weighted by Gasteiger charge is 2.12. The van der Waals surface area contributed by atoms with E-state index in [-0.39, 0.29) is 6.61 Å². The highest BCUT2D eigenvalue weighted by Crippen LogP contribution is 2.12. The fourth-order valence-corrected chi connectivity index (χ4v) is 1.78. The fourth-order valence-electron chi connectivity index (χ4n) is 1.78. The monoisotopic (exact) mass is 242 g/mol. The highest BCUT2D eigenvalue weighted by molar-refractivity contribution is 5.30. The topological polar surface area (TPSA) is 74.7 Å². The first-order valence-corrected chi connectivity index (χ1v) is 5.82. The average molecular weight is 242 g/mol. The largest absolute Gasteiger partial charge is 0.396 e. The molecule has 2 aromatic rings. The van der Waals surface area contributed by atoms with E-state index in [1.54, 1.807) is 4.68 Å². The number of benzene rings is 1. The SMILES string of the molecule is N#Cc1nnn(CCCO)c1Cc1ccccc1. The number of aliphatic hydroxyl groups excluding tert-OH is 1. The van der Waals surface area contributed by atoms with Crippen molar-refractivity contribution in [3.8, 4) is 6.07 Å². The van der Waals surface area contributed by atoms with E-state index in [1.165, 1.54) is 0 Å². The number of nitriles is 1. The number of nitrogens with zero attached hydrogens (tertiary/aromatic N) is 4. The van der Waals surface area contributed by atoms with Crippen molar-refractivity contribution in [3.63, 3.8) is 0 Å². The zero-order valence-electron chi connectivity index (χ0n) is 9.95. The molecule has 0 atom stereocenters. The van der Waals surface area contributed by atoms with Gasteiger partial charge in [-0.15, -0.1) is 5.10 Å². The van der Waals surface area contributed by atoms with Crippen molar-refractivity contribution in [2.45, 2.75) is 19.4 Å². The summed E-state index contributed by atoms with van der Waals surface area (Å²) in [5, 5.41) is 25.7. The Kier molecular flexibility index (Phi) is 4.05. The van der Waals surface area contributed by atoms with Gasteiger partial charge in [-0.3, -0.25) is 0 Å². The minimum absolute atomic E-state index is 0.104. The van der Waals surface area contributed by atoms with Crippen molar-refractivity contribution in [3.05, 3.63) is 47.3 Å². The first-order chi connectivity index (χ1) is 8.85. The van der Waals surface area contributed by atoms with Crippen molar-refractivity contribution in [1.29, 1.82) is 5.26 Å². The Morgan fingerprint density at radius 2 is 2.06 bits per heavy atom. The molecule has 0 spiro atoms. The van der Waals surface area contributed by atoms with Crippen LogP contribution in [0.25, 0.3) is 0 Å². The van der Waals surface area contributed by atoms with E-state index in [0.29, 0.717) is 25.1 Å². The second kappa shape index (κ2) is 5.94. The van der Waals surface area contributed by atoms with Gasteiger partial charge in [0.1, 0.15) is 6.07 Å². The van der Waals surface area contributed by atoms with Gasteiger partial charge in [-0.05, 0) is 12.0 Å². The van der Waals surface area contributed by atoms with E-state index in [9.17, 15) is 0 Å². The number of hydrogen-bond donors (Lipinski definition) is 1. The Labute approximate surface area is 105 Å². The molecule has 18 heavy (non-hydrogen) atoms. The van der Waals surface area contributed by atoms with Crippen LogP contribution in [0.3, 0.4) is 0 Å². The van der Waals surface area contributed by atoms with Crippen molar-refractivity contribution in [1.82, 2.24) is 15.0 Å². The van der Waals surface area contributed by atoms with Gasteiger partial charge in [0.2, 0.25) is 0 Å². The van der Waals surface area contributed by atoms with Crippen molar-refractivity contribution < 1.29 is 5.11 Å². The minimum atomic E-state index is 0.104. The van der Waals surface area contributed by atoms with Gasteiger partial charge in [-0.2, -0.15) is 5.26 Å². The number of aliphatic hydroxyl groups is 1. The molecule has 1 aromatic carbocycles. The highest BCUT2D eigenvalue weighted by atomic mass is 16.3. The summed E-state index contributed by atoms with van der Waals surface area (Å²) < 4.78 is 1.70. The number of aryl methyl sites for hydroxylation is 1. The molecule has 92 valence electrons. The predicted octanol–water partition coefficient (Wildman–Crippen LogP) is 1.12. The van der Waals surface area contributed by atoms with Crippen LogP contribution in [0.15, 0.2) is 30.3 Å². The number of rotatable bonds is 5. The standard InChI is InChI=1S/C13H14N4O/c14-10-12-13(9-11-5-2-1-3-6-11)17(16-15-12)7-4-8-18/h1-3,5-6,18H,4,7-9H2. The summed E-state index contributed by atoms with van der Waals surface area (Å²) in [5.74, 6) is 0. The summed E-state index contributed by atoms with van der Waals surface area (Å²) >= 11 is 0. The van der Waals surface area contributed by atoms with Crippen LogP contribution in [0.1, 0.15) is 23.4 Å². The second-order valence-electron chi connectivity index (χ2n) is 3.96. The zero-order valence-corrected chi connectivity index (χ0v) is 9.95. The maximum absolute atomic E-state index is 9.02. The first-order valence-electron chi connectivity index (χ1n) is 5.82. The van der Waals surface area contributed by atoms with E-state index >= 15 is 0 Å². The molecule has 0 aliphatic rings. The molecule has 0 fully saturated rings. The quantitative estimate of drug-likeness (QED) is 0.852. The predicted molar refractivity (Wildman–Crippen MR) is 65.7 cm³/mol. The summed E-state index contributed by atoms with van der Waals surface area (Å²) in [5.41, 5.74) is 2.27. The molecular formula is C13H14N4O. The van der Waals surface area contributed by atoms with Crippen LogP contribution in [-0.2, 0) is 13.0 Å². The molecule has 0 unspecified atom stereocenters. The van der Waals surface area contributed by atoms with Gasteiger partial charge in [0, 0.05) is 19.6 Å². The summed E-state index contributed by atoms with van der Waals surface area (Å²) in [7, 11) is 0. The minimum Gasteiger partial charge on any atom is -0.396 e. The molecule has 0 aliphatic carbocycles. The van der Waals surface area contributed by atoms with E-state index in [2.05, 4.69) is 16.4 Å². The molecule has 1 aromatic heterocycles. The van der Waals surface area contributed by atoms with Crippen LogP contribution in [0.4, 0.5) is 0 Å². The molecular weight excluding hydrogens is 228 g/mol. The lowest BCUT2D eigenvalue weighted by Gasteiger charge is -2.05. The second-order valence-corrected chi connectivity index (χ2v) is 3.96. The summed E-state index contributed by atoms with van der Waals surface area (Å²) in [6.45, 7) is 0.680. The van der Waals surface area contributed by atoms with Crippen LogP contribution in [0, 0.1) is 11.3 Å². The van der Waals surface area contributed by atoms with Gasteiger partial charge < -0.3 is 5.11 Å². The molecule has 5 heteroatoms. The molecule has 0 saturated heterocycles. The van der Waals surface area contributed by atoms with E-state index in [1.807, 2.05) is 30.3 Å². The molecule has 1 heterocycles. The first kappa shape index (κ1) is 12.3. The van der Waals surface area contributed by atoms with Crippen LogP contribution >= 0.6 is 0 Å². The maximum Gasteiger partial charge on any atom is 0.186 e. The van der Waals surface area contributed by atoms with Crippen LogP contribution < -0.4 is 0 Å². The van der Waals surface area contributed by atoms with Crippen LogP contribution in [0.5, 0.6) is 0 Å². The van der Waals surface area contributed by atoms with Crippen molar-refractivity contribution in [2.24, 2.45) is 0 Å². The zero-order chi connectivity index (χ0) is 12.8. The van der Waals surface area contributed by atoms with E-state index in [4.69, 9.17) is 10.4 Å². The third-order valence-corrected chi connectivity index (χ3v) is 2.69. The third-order valence-electron chi connectivity index (χ3n) is 2.69. The molecule has 5 nitrogen and oxygen atoms in total. The van der Waals surface area contributed by atoms with Crippen LogP contribution in [0.2, 0.25) is 0 Å². The molecule has 0 radical (unpaired) electrons. The third kappa shape index (κ3) is 2.73. The van der Waals surface area contributed by atoms with Gasteiger partial charge in [0.25, 0.3) is 0 Å². The molecule has 0 bridgehead atoms. The maximum atomic E-state index is 9.02. The van der Waals surface area contributed by atoms with Gasteiger partial charge in [-0.25, -0.2) is 4.68 Å². The summed E-state index contributed by atoms with van der Waals surface area (Å²) in [4.78, 5) is 0. The molecule has 0 amide bonds. The van der Waals surface area contributed by atoms with E-state index in [0.717, 1.165) is 11.3 Å². The Morgan fingerprint density at radius 3 is 2.72 bits per heavy atom. The molecule has 2 rings (SSSR count). The fraction of sp³-hybridized carbons (Fsp3) is 0.308. The number of hydrogen-bond acceptors (Lipinski definition) is 4. The molecule has 0 saturated carbocycles. The summed E-state index contributed by atoms with van der Waals surface area (Å²) in [6, 6.07) is 11.9. The van der Waals surface area contributed by atoms with Gasteiger partial charge in [-0.1, -0.05) is 35.5 Å². The van der Waals surface area contributed by atoms with E-state index < -0.39 is 0 Å². The normalized spacial score (nSPS) is 10.2. The Bertz CT molecular complexity index is 542. The van der Waals surface area contributed by atoms with Gasteiger partial charge in [0.05, 0.1) is 5.69 Å². The van der Waals surface area contributed by atoms with Gasteiger partial charge >= 0.3 is 0 Å². The molecule has 0 aliphatic heterocycles. The van der Waals surface area contributed by atoms with Gasteiger partial charge in [0.15, 0.2) is 5.69 Å². The van der Waals surface area contributed by atoms with Crippen molar-refractivity contribution in [2.75, 3.05) is 6.61 Å². The van der Waals surface area contributed by atoms with Crippen LogP contribution in [-0.4, -0.2) is 26.7 Å². The smallest absolute Gasteiger partial charge is 0.186 e. The Hall–Kier alpha value is -2.19. The lowest BCUT2D eigenvalue weighted by molar-refractivity contribution is 0.275. The lowest BCUT2D eigenvalue weighted by Crippen LogP contribution is -2.08. The average Bonchev–Trinajstić information content (AvgIpc) is 2.80. The number of aromatic nitrogens is 3.